The van der Waals surface area contributed by atoms with Crippen LogP contribution in [0.15, 0.2) is 0 Å². The third-order valence-electron chi connectivity index (χ3n) is 2.69. The van der Waals surface area contributed by atoms with Gasteiger partial charge in [0, 0.05) is 19.5 Å². The third kappa shape index (κ3) is 6.38. The van der Waals surface area contributed by atoms with E-state index in [-0.39, 0.29) is 5.91 Å². The molecular formula is C12H24N2OS. The third-order valence-corrected chi connectivity index (χ3v) is 3.92. The van der Waals surface area contributed by atoms with Gasteiger partial charge in [0.25, 0.3) is 0 Å². The highest BCUT2D eigenvalue weighted by molar-refractivity contribution is 7.99. The van der Waals surface area contributed by atoms with Crippen molar-refractivity contribution in [3.05, 3.63) is 0 Å². The summed E-state index contributed by atoms with van der Waals surface area (Å²) in [5, 5.41) is 6.30. The number of hydrogen-bond acceptors (Lipinski definition) is 3. The lowest BCUT2D eigenvalue weighted by atomic mass is 10.1. The van der Waals surface area contributed by atoms with Gasteiger partial charge in [-0.2, -0.15) is 11.8 Å². The maximum Gasteiger partial charge on any atom is 0.221 e. The van der Waals surface area contributed by atoms with Crippen molar-refractivity contribution in [2.24, 2.45) is 11.8 Å². The minimum atomic E-state index is 0.169. The Kier molecular flexibility index (Phi) is 6.88. The molecule has 1 amide bonds. The van der Waals surface area contributed by atoms with Gasteiger partial charge in [-0.25, -0.2) is 0 Å². The van der Waals surface area contributed by atoms with Crippen molar-refractivity contribution in [1.82, 2.24) is 10.6 Å². The van der Waals surface area contributed by atoms with E-state index < -0.39 is 0 Å². The first-order chi connectivity index (χ1) is 7.68. The highest BCUT2D eigenvalue weighted by Gasteiger charge is 2.14. The molecule has 1 aliphatic heterocycles. The van der Waals surface area contributed by atoms with Crippen molar-refractivity contribution in [3.63, 3.8) is 0 Å². The number of nitrogens with one attached hydrogen (secondary N) is 2. The van der Waals surface area contributed by atoms with Crippen molar-refractivity contribution in [2.75, 3.05) is 31.1 Å². The summed E-state index contributed by atoms with van der Waals surface area (Å²) in [7, 11) is 0. The fraction of sp³-hybridized carbons (Fsp3) is 0.917. The zero-order valence-corrected chi connectivity index (χ0v) is 11.2. The van der Waals surface area contributed by atoms with Crippen molar-refractivity contribution in [2.45, 2.75) is 26.7 Å². The molecule has 1 fully saturated rings. The summed E-state index contributed by atoms with van der Waals surface area (Å²) in [6, 6.07) is 0. The first-order valence-corrected chi connectivity index (χ1v) is 7.39. The predicted octanol–water partition coefficient (Wildman–Crippen LogP) is 1.49. The zero-order chi connectivity index (χ0) is 11.8. The monoisotopic (exact) mass is 244 g/mol. The van der Waals surface area contributed by atoms with Crippen molar-refractivity contribution in [1.29, 1.82) is 0 Å². The van der Waals surface area contributed by atoms with E-state index in [1.54, 1.807) is 0 Å². The van der Waals surface area contributed by atoms with Crippen molar-refractivity contribution >= 4 is 17.7 Å². The van der Waals surface area contributed by atoms with Gasteiger partial charge in [-0.05, 0) is 36.3 Å². The summed E-state index contributed by atoms with van der Waals surface area (Å²) < 4.78 is 0. The number of thioether (sulfide) groups is 1. The fourth-order valence-corrected chi connectivity index (χ4v) is 2.94. The van der Waals surface area contributed by atoms with Gasteiger partial charge in [-0.3, -0.25) is 4.79 Å². The molecule has 0 aromatic heterocycles. The average molecular weight is 244 g/mol. The molecule has 0 aromatic carbocycles. The van der Waals surface area contributed by atoms with E-state index in [9.17, 15) is 4.79 Å². The Morgan fingerprint density at radius 2 is 2.31 bits per heavy atom. The summed E-state index contributed by atoms with van der Waals surface area (Å²) in [5.74, 6) is 4.12. The number of carbonyl (C=O) groups excluding carboxylic acids is 1. The lowest BCUT2D eigenvalue weighted by Gasteiger charge is -2.10. The van der Waals surface area contributed by atoms with Crippen LogP contribution < -0.4 is 10.6 Å². The van der Waals surface area contributed by atoms with Gasteiger partial charge in [0.2, 0.25) is 5.91 Å². The first kappa shape index (κ1) is 13.8. The second-order valence-corrected chi connectivity index (χ2v) is 6.03. The lowest BCUT2D eigenvalue weighted by Crippen LogP contribution is -2.31. The summed E-state index contributed by atoms with van der Waals surface area (Å²) >= 11 is 2.04. The minimum Gasteiger partial charge on any atom is -0.356 e. The molecule has 0 radical (unpaired) electrons. The topological polar surface area (TPSA) is 41.1 Å². The molecule has 1 saturated heterocycles. The molecule has 1 rings (SSSR count). The van der Waals surface area contributed by atoms with Gasteiger partial charge in [0.1, 0.15) is 0 Å². The summed E-state index contributed by atoms with van der Waals surface area (Å²) in [4.78, 5) is 11.4. The second kappa shape index (κ2) is 7.96. The van der Waals surface area contributed by atoms with Crippen LogP contribution in [0.25, 0.3) is 0 Å². The normalized spacial score (nSPS) is 20.3. The minimum absolute atomic E-state index is 0.169. The number of carbonyl (C=O) groups is 1. The molecule has 0 spiro atoms. The standard InChI is InChI=1S/C12H24N2OS/c1-10(2)7-14-12(15)3-5-13-8-11-4-6-16-9-11/h10-11,13H,3-9H2,1-2H3,(H,14,15). The van der Waals surface area contributed by atoms with E-state index >= 15 is 0 Å². The largest absolute Gasteiger partial charge is 0.356 e. The second-order valence-electron chi connectivity index (χ2n) is 4.88. The van der Waals surface area contributed by atoms with Gasteiger partial charge >= 0.3 is 0 Å². The van der Waals surface area contributed by atoms with Crippen molar-refractivity contribution in [3.8, 4) is 0 Å². The van der Waals surface area contributed by atoms with Gasteiger partial charge in [0.05, 0.1) is 0 Å². The van der Waals surface area contributed by atoms with Crippen LogP contribution in [0.5, 0.6) is 0 Å². The maximum atomic E-state index is 11.4. The SMILES string of the molecule is CC(C)CNC(=O)CCNCC1CCSC1. The van der Waals surface area contributed by atoms with Gasteiger partial charge < -0.3 is 10.6 Å². The van der Waals surface area contributed by atoms with Gasteiger partial charge in [-0.15, -0.1) is 0 Å². The van der Waals surface area contributed by atoms with E-state index in [2.05, 4.69) is 24.5 Å². The summed E-state index contributed by atoms with van der Waals surface area (Å²) in [6.45, 7) is 6.89. The van der Waals surface area contributed by atoms with Gasteiger partial charge in [0.15, 0.2) is 0 Å². The van der Waals surface area contributed by atoms with E-state index in [1.165, 1.54) is 17.9 Å². The summed E-state index contributed by atoms with van der Waals surface area (Å²) in [5.41, 5.74) is 0. The lowest BCUT2D eigenvalue weighted by molar-refractivity contribution is -0.121. The Morgan fingerprint density at radius 3 is 2.94 bits per heavy atom. The molecule has 4 heteroatoms. The van der Waals surface area contributed by atoms with Crippen molar-refractivity contribution < 1.29 is 4.79 Å². The van der Waals surface area contributed by atoms with E-state index in [4.69, 9.17) is 0 Å². The maximum absolute atomic E-state index is 11.4. The molecule has 16 heavy (non-hydrogen) atoms. The number of hydrogen-bond donors (Lipinski definition) is 2. The molecule has 1 unspecified atom stereocenters. The van der Waals surface area contributed by atoms with E-state index in [0.717, 1.165) is 25.6 Å². The Morgan fingerprint density at radius 1 is 1.50 bits per heavy atom. The Hall–Kier alpha value is -0.220. The van der Waals surface area contributed by atoms with Crippen LogP contribution in [0.2, 0.25) is 0 Å². The average Bonchev–Trinajstić information content (AvgIpc) is 2.74. The van der Waals surface area contributed by atoms with E-state index in [0.29, 0.717) is 12.3 Å². The molecule has 1 aliphatic rings. The molecule has 0 aromatic rings. The first-order valence-electron chi connectivity index (χ1n) is 6.23. The highest BCUT2D eigenvalue weighted by Crippen LogP contribution is 2.22. The van der Waals surface area contributed by atoms with Gasteiger partial charge in [-0.1, -0.05) is 13.8 Å². The Bertz CT molecular complexity index is 203. The summed E-state index contributed by atoms with van der Waals surface area (Å²) in [6.07, 6.45) is 1.93. The zero-order valence-electron chi connectivity index (χ0n) is 10.4. The number of amides is 1. The molecule has 3 nitrogen and oxygen atoms in total. The van der Waals surface area contributed by atoms with Crippen LogP contribution in [0.3, 0.4) is 0 Å². The Balaban J connectivity index is 1.91. The van der Waals surface area contributed by atoms with Crippen LogP contribution in [-0.4, -0.2) is 37.0 Å². The number of rotatable bonds is 7. The highest BCUT2D eigenvalue weighted by atomic mass is 32.2. The smallest absolute Gasteiger partial charge is 0.221 e. The van der Waals surface area contributed by atoms with Crippen LogP contribution in [-0.2, 0) is 4.79 Å². The molecular weight excluding hydrogens is 220 g/mol. The van der Waals surface area contributed by atoms with E-state index in [1.807, 2.05) is 11.8 Å². The molecule has 0 bridgehead atoms. The van der Waals surface area contributed by atoms with Crippen LogP contribution >= 0.6 is 11.8 Å². The van der Waals surface area contributed by atoms with Crippen LogP contribution in [0.4, 0.5) is 0 Å². The molecule has 0 aliphatic carbocycles. The molecule has 94 valence electrons. The molecule has 2 N–H and O–H groups in total. The molecule has 0 saturated carbocycles. The fourth-order valence-electron chi connectivity index (χ4n) is 1.66. The quantitative estimate of drug-likeness (QED) is 0.667. The van der Waals surface area contributed by atoms with Crippen LogP contribution in [0.1, 0.15) is 26.7 Å². The van der Waals surface area contributed by atoms with Crippen LogP contribution in [0, 0.1) is 11.8 Å². The molecule has 1 heterocycles. The Labute approximate surface area is 103 Å². The molecule has 1 atom stereocenters. The predicted molar refractivity (Wildman–Crippen MR) is 70.8 cm³/mol.